The molecule has 0 spiro atoms. The van der Waals surface area contributed by atoms with Crippen LogP contribution in [0.4, 0.5) is 5.69 Å². The summed E-state index contributed by atoms with van der Waals surface area (Å²) in [5.74, 6) is -0.355. The largest absolute Gasteiger partial charge is 0.388 e. The van der Waals surface area contributed by atoms with Gasteiger partial charge in [0.25, 0.3) is 5.91 Å². The normalized spacial score (nSPS) is 15.4. The summed E-state index contributed by atoms with van der Waals surface area (Å²) in [4.78, 5) is 26.6. The predicted molar refractivity (Wildman–Crippen MR) is 126 cm³/mol. The van der Waals surface area contributed by atoms with E-state index in [0.29, 0.717) is 38.2 Å². The van der Waals surface area contributed by atoms with Crippen LogP contribution in [0, 0.1) is 0 Å². The molecule has 11 heteroatoms. The summed E-state index contributed by atoms with van der Waals surface area (Å²) < 4.78 is 1.87. The lowest BCUT2D eigenvalue weighted by Gasteiger charge is -2.35. The van der Waals surface area contributed by atoms with E-state index in [1.54, 1.807) is 13.1 Å². The lowest BCUT2D eigenvalue weighted by molar-refractivity contribution is 0.0321. The maximum atomic E-state index is 13.1. The molecule has 5 rings (SSSR count). The van der Waals surface area contributed by atoms with Crippen LogP contribution >= 0.6 is 23.2 Å². The molecule has 0 saturated carbocycles. The van der Waals surface area contributed by atoms with Gasteiger partial charge in [-0.1, -0.05) is 46.2 Å². The lowest BCUT2D eigenvalue weighted by Crippen LogP contribution is -2.45. The molecule has 4 heterocycles. The van der Waals surface area contributed by atoms with Gasteiger partial charge in [-0.05, 0) is 20.0 Å². The van der Waals surface area contributed by atoms with Crippen molar-refractivity contribution in [2.24, 2.45) is 0 Å². The minimum Gasteiger partial charge on any atom is -0.388 e. The van der Waals surface area contributed by atoms with Crippen molar-refractivity contribution in [1.29, 1.82) is 0 Å². The maximum absolute atomic E-state index is 13.1. The van der Waals surface area contributed by atoms with E-state index >= 15 is 0 Å². The summed E-state index contributed by atoms with van der Waals surface area (Å²) in [5, 5.41) is 13.1. The number of benzene rings is 1. The number of carbonyl (C=O) groups is 1. The van der Waals surface area contributed by atoms with Gasteiger partial charge in [0.15, 0.2) is 11.8 Å². The van der Waals surface area contributed by atoms with Crippen molar-refractivity contribution in [3.8, 4) is 0 Å². The Labute approximate surface area is 199 Å². The number of para-hydroxylation sites is 1. The monoisotopic (exact) mass is 485 g/mol. The van der Waals surface area contributed by atoms with E-state index in [4.69, 9.17) is 28.0 Å². The van der Waals surface area contributed by atoms with Crippen molar-refractivity contribution in [1.82, 2.24) is 29.6 Å². The lowest BCUT2D eigenvalue weighted by atomic mass is 10.1. The number of likely N-dealkylation sites (tertiary alicyclic amines) is 1. The Morgan fingerprint density at radius 2 is 1.91 bits per heavy atom. The fourth-order valence-electron chi connectivity index (χ4n) is 3.93. The molecule has 1 N–H and O–H groups in total. The van der Waals surface area contributed by atoms with Gasteiger partial charge in [0.2, 0.25) is 0 Å². The molecule has 1 saturated heterocycles. The SMILES string of the molecule is CC(On1nc(C(=O)Nc2cnn(C3CN(C)C3)c2)c2ccccc21)c1c(Cl)cncc1Cl. The molecule has 1 unspecified atom stereocenters. The number of hydrogen-bond donors (Lipinski definition) is 1. The fourth-order valence-corrected chi connectivity index (χ4v) is 4.60. The van der Waals surface area contributed by atoms with E-state index in [-0.39, 0.29) is 11.6 Å². The Morgan fingerprint density at radius 1 is 1.18 bits per heavy atom. The van der Waals surface area contributed by atoms with Gasteiger partial charge in [-0.2, -0.15) is 5.10 Å². The van der Waals surface area contributed by atoms with Crippen LogP contribution in [0.15, 0.2) is 49.1 Å². The highest BCUT2D eigenvalue weighted by Gasteiger charge is 2.26. The van der Waals surface area contributed by atoms with Crippen LogP contribution < -0.4 is 10.2 Å². The van der Waals surface area contributed by atoms with Gasteiger partial charge in [-0.15, -0.1) is 5.10 Å². The molecule has 1 fully saturated rings. The molecular formula is C22H21Cl2N7O2. The summed E-state index contributed by atoms with van der Waals surface area (Å²) in [6.07, 6.45) is 5.95. The Hall–Kier alpha value is -3.14. The second kappa shape index (κ2) is 8.66. The molecule has 0 radical (unpaired) electrons. The number of likely N-dealkylation sites (N-methyl/N-ethyl adjacent to an activating group) is 1. The zero-order chi connectivity index (χ0) is 23.1. The minimum atomic E-state index is -0.536. The van der Waals surface area contributed by atoms with Crippen molar-refractivity contribution in [3.63, 3.8) is 0 Å². The van der Waals surface area contributed by atoms with Crippen molar-refractivity contribution < 1.29 is 9.63 Å². The van der Waals surface area contributed by atoms with Crippen molar-refractivity contribution in [3.05, 3.63) is 70.4 Å². The highest BCUT2D eigenvalue weighted by atomic mass is 35.5. The van der Waals surface area contributed by atoms with Gasteiger partial charge >= 0.3 is 0 Å². The van der Waals surface area contributed by atoms with Crippen LogP contribution in [-0.2, 0) is 0 Å². The third kappa shape index (κ3) is 4.15. The molecule has 1 aliphatic rings. The number of amides is 1. The van der Waals surface area contributed by atoms with E-state index < -0.39 is 6.10 Å². The van der Waals surface area contributed by atoms with Gasteiger partial charge in [0.05, 0.1) is 28.0 Å². The average molecular weight is 486 g/mol. The molecule has 1 atom stereocenters. The van der Waals surface area contributed by atoms with Gasteiger partial charge in [-0.3, -0.25) is 14.5 Å². The highest BCUT2D eigenvalue weighted by molar-refractivity contribution is 6.35. The number of aromatic nitrogens is 5. The molecule has 4 aromatic rings. The number of halogens is 2. The van der Waals surface area contributed by atoms with Crippen LogP contribution in [-0.4, -0.2) is 55.7 Å². The Bertz CT molecular complexity index is 1310. The number of nitrogens with zero attached hydrogens (tertiary/aromatic N) is 6. The molecule has 3 aromatic heterocycles. The van der Waals surface area contributed by atoms with E-state index in [0.717, 1.165) is 13.1 Å². The summed E-state index contributed by atoms with van der Waals surface area (Å²) in [6.45, 7) is 3.67. The highest BCUT2D eigenvalue weighted by Crippen LogP contribution is 2.30. The Kier molecular flexibility index (Phi) is 5.69. The molecule has 9 nitrogen and oxygen atoms in total. The topological polar surface area (TPSA) is 90.1 Å². The van der Waals surface area contributed by atoms with Crippen LogP contribution in [0.3, 0.4) is 0 Å². The van der Waals surface area contributed by atoms with E-state index in [2.05, 4.69) is 32.4 Å². The van der Waals surface area contributed by atoms with Gasteiger partial charge < -0.3 is 15.1 Å². The first-order chi connectivity index (χ1) is 15.9. The number of carbonyl (C=O) groups excluding carboxylic acids is 1. The number of pyridine rings is 1. The zero-order valence-electron chi connectivity index (χ0n) is 17.9. The van der Waals surface area contributed by atoms with Crippen LogP contribution in [0.25, 0.3) is 10.9 Å². The number of fused-ring (bicyclic) bond motifs is 1. The summed E-state index contributed by atoms with van der Waals surface area (Å²) in [7, 11) is 2.06. The first kappa shape index (κ1) is 21.7. The van der Waals surface area contributed by atoms with E-state index in [9.17, 15) is 4.79 Å². The van der Waals surface area contributed by atoms with Crippen molar-refractivity contribution in [2.75, 3.05) is 25.5 Å². The van der Waals surface area contributed by atoms with Crippen LogP contribution in [0.5, 0.6) is 0 Å². The standard InChI is InChI=1S/C22H21Cl2N7O2/c1-13(20-17(23)8-25-9-18(20)24)33-31-19-6-4-3-5-16(19)21(28-31)22(32)27-14-7-26-30(10-14)15-11-29(2)12-15/h3-10,13,15H,11-12H2,1-2H3,(H,27,32). The van der Waals surface area contributed by atoms with Gasteiger partial charge in [0.1, 0.15) is 5.52 Å². The second-order valence-electron chi connectivity index (χ2n) is 8.04. The van der Waals surface area contributed by atoms with E-state index in [1.165, 1.54) is 17.2 Å². The zero-order valence-corrected chi connectivity index (χ0v) is 19.5. The summed E-state index contributed by atoms with van der Waals surface area (Å²) in [5.41, 5.74) is 2.08. The van der Waals surface area contributed by atoms with Crippen molar-refractivity contribution in [2.45, 2.75) is 19.1 Å². The molecule has 170 valence electrons. The smallest absolute Gasteiger partial charge is 0.277 e. The number of anilines is 1. The third-order valence-electron chi connectivity index (χ3n) is 5.60. The van der Waals surface area contributed by atoms with Crippen LogP contribution in [0.2, 0.25) is 10.0 Å². The molecule has 0 aliphatic carbocycles. The number of rotatable bonds is 6. The quantitative estimate of drug-likeness (QED) is 0.445. The fraction of sp³-hybridized carbons (Fsp3) is 0.273. The third-order valence-corrected chi connectivity index (χ3v) is 6.21. The van der Waals surface area contributed by atoms with E-state index in [1.807, 2.05) is 35.1 Å². The van der Waals surface area contributed by atoms with Crippen molar-refractivity contribution >= 4 is 45.7 Å². The maximum Gasteiger partial charge on any atom is 0.277 e. The van der Waals surface area contributed by atoms with Gasteiger partial charge in [0, 0.05) is 42.6 Å². The first-order valence-corrected chi connectivity index (χ1v) is 11.1. The predicted octanol–water partition coefficient (Wildman–Crippen LogP) is 3.86. The van der Waals surface area contributed by atoms with Gasteiger partial charge in [-0.25, -0.2) is 0 Å². The molecule has 1 amide bonds. The Morgan fingerprint density at radius 3 is 2.64 bits per heavy atom. The molecule has 1 aromatic carbocycles. The first-order valence-electron chi connectivity index (χ1n) is 10.4. The molecule has 33 heavy (non-hydrogen) atoms. The second-order valence-corrected chi connectivity index (χ2v) is 8.86. The summed E-state index contributed by atoms with van der Waals surface area (Å²) in [6, 6.07) is 7.66. The Balaban J connectivity index is 1.40. The number of nitrogens with one attached hydrogen (secondary N) is 1. The molecule has 1 aliphatic heterocycles. The number of hydrogen-bond acceptors (Lipinski definition) is 6. The summed E-state index contributed by atoms with van der Waals surface area (Å²) >= 11 is 12.5. The average Bonchev–Trinajstić information content (AvgIpc) is 3.36. The molecular weight excluding hydrogens is 465 g/mol. The molecule has 0 bridgehead atoms. The van der Waals surface area contributed by atoms with Crippen LogP contribution in [0.1, 0.15) is 35.1 Å². The minimum absolute atomic E-state index is 0.237.